The van der Waals surface area contributed by atoms with E-state index in [4.69, 9.17) is 10.5 Å². The number of carbonyl (C=O) groups is 5. The molecular formula is C31H43N5O7. The van der Waals surface area contributed by atoms with E-state index in [9.17, 15) is 29.1 Å². The predicted molar refractivity (Wildman–Crippen MR) is 160 cm³/mol. The highest BCUT2D eigenvalue weighted by atomic mass is 16.5. The smallest absolute Gasteiger partial charge is 0.328 e. The first-order valence-electron chi connectivity index (χ1n) is 14.3. The molecule has 0 saturated heterocycles. The van der Waals surface area contributed by atoms with Gasteiger partial charge in [-0.1, -0.05) is 56.3 Å². The van der Waals surface area contributed by atoms with Gasteiger partial charge in [-0.15, -0.1) is 0 Å². The Hall–Kier alpha value is -4.45. The minimum atomic E-state index is -1.04. The number of nitrogens with one attached hydrogen (secondary N) is 4. The van der Waals surface area contributed by atoms with Gasteiger partial charge in [-0.25, -0.2) is 4.79 Å². The van der Waals surface area contributed by atoms with E-state index in [2.05, 4.69) is 21.3 Å². The minimum absolute atomic E-state index is 0.0882. The summed E-state index contributed by atoms with van der Waals surface area (Å²) in [7, 11) is 0. The molecule has 0 spiro atoms. The van der Waals surface area contributed by atoms with Crippen LogP contribution < -0.4 is 27.0 Å². The average molecular weight is 598 g/mol. The van der Waals surface area contributed by atoms with Crippen LogP contribution in [0.4, 0.5) is 0 Å². The van der Waals surface area contributed by atoms with Crippen molar-refractivity contribution in [2.75, 3.05) is 13.1 Å². The van der Waals surface area contributed by atoms with Gasteiger partial charge in [0, 0.05) is 6.42 Å². The van der Waals surface area contributed by atoms with Crippen molar-refractivity contribution in [3.05, 3.63) is 65.7 Å². The van der Waals surface area contributed by atoms with E-state index in [1.165, 1.54) is 12.1 Å². The third kappa shape index (κ3) is 13.4. The number of esters is 1. The molecule has 43 heavy (non-hydrogen) atoms. The van der Waals surface area contributed by atoms with E-state index in [1.54, 1.807) is 38.1 Å². The Balaban J connectivity index is 1.94. The maximum absolute atomic E-state index is 13.3. The number of phenolic OH excluding ortho intramolecular Hbond substituents is 1. The standard InChI is InChI=1S/C31H43N5O7/c1-19(2)14-26(31(42)43-20(3)4)36-30(41)25(16-21-8-6-5-7-9-21)35-28(39)18-33-27(38)17-34-29(40)24(32)15-22-10-12-23(37)13-11-22/h5-13,19-20,24-26,37H,14-18,32H2,1-4H3,(H,33,38)(H,34,40)(H,35,39)(H,36,41)/t24-,25-,26-/m0/s1. The Morgan fingerprint density at radius 2 is 1.35 bits per heavy atom. The molecule has 3 atom stereocenters. The lowest BCUT2D eigenvalue weighted by Gasteiger charge is -2.24. The number of hydrogen-bond donors (Lipinski definition) is 6. The van der Waals surface area contributed by atoms with Crippen molar-refractivity contribution in [2.45, 2.75) is 71.2 Å². The van der Waals surface area contributed by atoms with Gasteiger partial charge in [0.15, 0.2) is 0 Å². The van der Waals surface area contributed by atoms with Crippen LogP contribution >= 0.6 is 0 Å². The summed E-state index contributed by atoms with van der Waals surface area (Å²) in [6, 6.07) is 12.4. The van der Waals surface area contributed by atoms with E-state index in [1.807, 2.05) is 32.0 Å². The summed E-state index contributed by atoms with van der Waals surface area (Å²) in [5, 5.41) is 19.5. The first kappa shape index (κ1) is 34.7. The van der Waals surface area contributed by atoms with Crippen LogP contribution in [0.3, 0.4) is 0 Å². The number of carbonyl (C=O) groups excluding carboxylic acids is 5. The molecule has 234 valence electrons. The number of amides is 4. The SMILES string of the molecule is CC(C)C[C@H](NC(=O)[C@H](Cc1ccccc1)NC(=O)CNC(=O)CNC(=O)[C@@H](N)Cc1ccc(O)cc1)C(=O)OC(C)C. The maximum Gasteiger partial charge on any atom is 0.328 e. The fourth-order valence-electron chi connectivity index (χ4n) is 4.10. The molecule has 0 aliphatic heterocycles. The van der Waals surface area contributed by atoms with E-state index < -0.39 is 60.8 Å². The summed E-state index contributed by atoms with van der Waals surface area (Å²) in [6.45, 7) is 6.42. The highest BCUT2D eigenvalue weighted by Crippen LogP contribution is 2.11. The lowest BCUT2D eigenvalue weighted by molar-refractivity contribution is -0.152. The molecular weight excluding hydrogens is 554 g/mol. The van der Waals surface area contributed by atoms with Gasteiger partial charge in [0.2, 0.25) is 23.6 Å². The van der Waals surface area contributed by atoms with E-state index in [0.717, 1.165) is 11.1 Å². The molecule has 12 nitrogen and oxygen atoms in total. The summed E-state index contributed by atoms with van der Waals surface area (Å²) in [6.07, 6.45) is 0.342. The molecule has 7 N–H and O–H groups in total. The van der Waals surface area contributed by atoms with E-state index >= 15 is 0 Å². The Morgan fingerprint density at radius 3 is 1.95 bits per heavy atom. The first-order valence-corrected chi connectivity index (χ1v) is 14.3. The minimum Gasteiger partial charge on any atom is -0.508 e. The largest absolute Gasteiger partial charge is 0.508 e. The highest BCUT2D eigenvalue weighted by Gasteiger charge is 2.29. The molecule has 0 saturated carbocycles. The summed E-state index contributed by atoms with van der Waals surface area (Å²) >= 11 is 0. The van der Waals surface area contributed by atoms with Gasteiger partial charge < -0.3 is 36.8 Å². The molecule has 0 unspecified atom stereocenters. The van der Waals surface area contributed by atoms with Crippen LogP contribution in [0.25, 0.3) is 0 Å². The highest BCUT2D eigenvalue weighted by molar-refractivity contribution is 5.93. The molecule has 0 radical (unpaired) electrons. The average Bonchev–Trinajstić information content (AvgIpc) is 2.95. The number of rotatable bonds is 16. The molecule has 0 aliphatic rings. The van der Waals surface area contributed by atoms with Gasteiger partial charge in [-0.2, -0.15) is 0 Å². The van der Waals surface area contributed by atoms with Crippen LogP contribution in [-0.2, 0) is 41.6 Å². The van der Waals surface area contributed by atoms with Crippen LogP contribution in [-0.4, -0.2) is 72.0 Å². The monoisotopic (exact) mass is 597 g/mol. The van der Waals surface area contributed by atoms with Gasteiger partial charge >= 0.3 is 5.97 Å². The first-order chi connectivity index (χ1) is 20.3. The lowest BCUT2D eigenvalue weighted by atomic mass is 10.0. The zero-order chi connectivity index (χ0) is 31.9. The molecule has 0 fully saturated rings. The molecule has 0 aromatic heterocycles. The van der Waals surface area contributed by atoms with Gasteiger partial charge in [-0.05, 0) is 55.9 Å². The zero-order valence-corrected chi connectivity index (χ0v) is 25.1. The van der Waals surface area contributed by atoms with Crippen molar-refractivity contribution in [3.8, 4) is 5.75 Å². The van der Waals surface area contributed by atoms with Crippen LogP contribution in [0.2, 0.25) is 0 Å². The van der Waals surface area contributed by atoms with Crippen LogP contribution in [0.5, 0.6) is 5.75 Å². The lowest BCUT2D eigenvalue weighted by Crippen LogP contribution is -2.54. The molecule has 0 aliphatic carbocycles. The summed E-state index contributed by atoms with van der Waals surface area (Å²) < 4.78 is 5.31. The Labute approximate surface area is 252 Å². The fraction of sp³-hybridized carbons (Fsp3) is 0.452. The molecule has 0 bridgehead atoms. The maximum atomic E-state index is 13.3. The summed E-state index contributed by atoms with van der Waals surface area (Å²) in [4.78, 5) is 63.3. The van der Waals surface area contributed by atoms with Crippen molar-refractivity contribution in [2.24, 2.45) is 11.7 Å². The molecule has 2 rings (SSSR count). The van der Waals surface area contributed by atoms with Crippen molar-refractivity contribution >= 4 is 29.6 Å². The Bertz CT molecular complexity index is 1220. The Kier molecular flexibility index (Phi) is 14.1. The second-order valence-electron chi connectivity index (χ2n) is 11.0. The van der Waals surface area contributed by atoms with Gasteiger partial charge in [0.25, 0.3) is 0 Å². The van der Waals surface area contributed by atoms with Crippen LogP contribution in [0.15, 0.2) is 54.6 Å². The quantitative estimate of drug-likeness (QED) is 0.153. The van der Waals surface area contributed by atoms with E-state index in [-0.39, 0.29) is 30.6 Å². The number of nitrogens with two attached hydrogens (primary N) is 1. The van der Waals surface area contributed by atoms with Crippen LogP contribution in [0.1, 0.15) is 45.2 Å². The number of ether oxygens (including phenoxy) is 1. The number of hydrogen-bond acceptors (Lipinski definition) is 8. The molecule has 2 aromatic rings. The van der Waals surface area contributed by atoms with Crippen molar-refractivity contribution in [1.29, 1.82) is 0 Å². The van der Waals surface area contributed by atoms with Gasteiger partial charge in [0.1, 0.15) is 17.8 Å². The van der Waals surface area contributed by atoms with Crippen LogP contribution in [0, 0.1) is 5.92 Å². The molecule has 0 heterocycles. The molecule has 2 aromatic carbocycles. The topological polar surface area (TPSA) is 189 Å². The van der Waals surface area contributed by atoms with E-state index in [0.29, 0.717) is 6.42 Å². The zero-order valence-electron chi connectivity index (χ0n) is 25.1. The number of phenols is 1. The third-order valence-electron chi connectivity index (χ3n) is 6.19. The van der Waals surface area contributed by atoms with Crippen molar-refractivity contribution < 1.29 is 33.8 Å². The molecule has 12 heteroatoms. The summed E-state index contributed by atoms with van der Waals surface area (Å²) in [5.74, 6) is -2.76. The third-order valence-corrected chi connectivity index (χ3v) is 6.19. The number of aromatic hydroxyl groups is 1. The van der Waals surface area contributed by atoms with Gasteiger partial charge in [0.05, 0.1) is 25.2 Å². The molecule has 4 amide bonds. The second kappa shape index (κ2) is 17.5. The van der Waals surface area contributed by atoms with Crippen molar-refractivity contribution in [1.82, 2.24) is 21.3 Å². The Morgan fingerprint density at radius 1 is 0.744 bits per heavy atom. The summed E-state index contributed by atoms with van der Waals surface area (Å²) in [5.41, 5.74) is 7.43. The second-order valence-corrected chi connectivity index (χ2v) is 11.0. The number of benzene rings is 2. The van der Waals surface area contributed by atoms with Gasteiger partial charge in [-0.3, -0.25) is 19.2 Å². The fourth-order valence-corrected chi connectivity index (χ4v) is 4.10. The normalized spacial score (nSPS) is 13.0. The van der Waals surface area contributed by atoms with Crippen molar-refractivity contribution in [3.63, 3.8) is 0 Å². The predicted octanol–water partition coefficient (Wildman–Crippen LogP) is 0.704.